The molecule has 5 rings (SSSR count). The molecular formula is C24H26N4O5S. The summed E-state index contributed by atoms with van der Waals surface area (Å²) in [5.74, 6) is 0.169. The third-order valence-electron chi connectivity index (χ3n) is 6.22. The Morgan fingerprint density at radius 1 is 1.12 bits per heavy atom. The molecule has 0 aliphatic carbocycles. The van der Waals surface area contributed by atoms with Crippen molar-refractivity contribution in [2.24, 2.45) is 0 Å². The number of aryl methyl sites for hydroxylation is 1. The molecule has 1 saturated heterocycles. The molecule has 0 bridgehead atoms. The summed E-state index contributed by atoms with van der Waals surface area (Å²) in [5.41, 5.74) is 2.83. The smallest absolute Gasteiger partial charge is 0.408 e. The van der Waals surface area contributed by atoms with Crippen molar-refractivity contribution in [1.82, 2.24) is 19.0 Å². The summed E-state index contributed by atoms with van der Waals surface area (Å²) >= 11 is 0. The first-order chi connectivity index (χ1) is 16.2. The maximum atomic E-state index is 13.1. The van der Waals surface area contributed by atoms with E-state index in [1.807, 2.05) is 32.9 Å². The summed E-state index contributed by atoms with van der Waals surface area (Å²) in [5, 5.41) is 4.11. The van der Waals surface area contributed by atoms with Crippen molar-refractivity contribution in [3.8, 4) is 11.4 Å². The standard InChI is InChI=1S/C24H26N4O5S/c1-15(2)28-20-11-8-17(13-21(20)32-24(28)29)22-25-23(33-26-22)18-5-4-12-27(14-18)34(30,31)19-9-6-16(3)7-10-19/h6-11,13,15,18H,4-5,12,14H2,1-3H3/t18-/m0/s1. The molecule has 34 heavy (non-hydrogen) atoms. The molecular weight excluding hydrogens is 456 g/mol. The molecule has 0 N–H and O–H groups in total. The molecule has 178 valence electrons. The molecule has 1 aliphatic heterocycles. The third kappa shape index (κ3) is 3.97. The van der Waals surface area contributed by atoms with Crippen LogP contribution in [0.25, 0.3) is 22.5 Å². The molecule has 1 aliphatic rings. The fourth-order valence-electron chi connectivity index (χ4n) is 4.40. The van der Waals surface area contributed by atoms with E-state index in [-0.39, 0.29) is 23.4 Å². The van der Waals surface area contributed by atoms with Gasteiger partial charge in [0, 0.05) is 24.7 Å². The van der Waals surface area contributed by atoms with Crippen molar-refractivity contribution in [2.75, 3.05) is 13.1 Å². The van der Waals surface area contributed by atoms with Gasteiger partial charge >= 0.3 is 5.76 Å². The Hall–Kier alpha value is -3.24. The molecule has 4 aromatic rings. The third-order valence-corrected chi connectivity index (χ3v) is 8.10. The first kappa shape index (κ1) is 22.5. The van der Waals surface area contributed by atoms with Gasteiger partial charge in [-0.1, -0.05) is 22.9 Å². The average Bonchev–Trinajstić information content (AvgIpc) is 3.43. The van der Waals surface area contributed by atoms with E-state index in [2.05, 4.69) is 10.1 Å². The fourth-order valence-corrected chi connectivity index (χ4v) is 5.93. The van der Waals surface area contributed by atoms with Crippen molar-refractivity contribution in [1.29, 1.82) is 0 Å². The number of nitrogens with zero attached hydrogens (tertiary/aromatic N) is 4. The summed E-state index contributed by atoms with van der Waals surface area (Å²) in [6, 6.07) is 12.2. The van der Waals surface area contributed by atoms with Crippen LogP contribution in [-0.2, 0) is 10.0 Å². The number of benzene rings is 2. The highest BCUT2D eigenvalue weighted by molar-refractivity contribution is 7.89. The van der Waals surface area contributed by atoms with E-state index in [4.69, 9.17) is 8.94 Å². The summed E-state index contributed by atoms with van der Waals surface area (Å²) < 4.78 is 40.3. The number of fused-ring (bicyclic) bond motifs is 1. The van der Waals surface area contributed by atoms with Crippen LogP contribution in [0.15, 0.2) is 61.1 Å². The summed E-state index contributed by atoms with van der Waals surface area (Å²) in [6.07, 6.45) is 1.46. The molecule has 3 heterocycles. The molecule has 1 fully saturated rings. The second-order valence-electron chi connectivity index (χ2n) is 8.99. The van der Waals surface area contributed by atoms with E-state index in [0.29, 0.717) is 41.3 Å². The highest BCUT2D eigenvalue weighted by Gasteiger charge is 2.33. The van der Waals surface area contributed by atoms with E-state index < -0.39 is 15.8 Å². The Morgan fingerprint density at radius 2 is 1.88 bits per heavy atom. The number of rotatable bonds is 5. The Morgan fingerprint density at radius 3 is 2.62 bits per heavy atom. The topological polar surface area (TPSA) is 111 Å². The lowest BCUT2D eigenvalue weighted by Gasteiger charge is -2.30. The number of hydrogen-bond acceptors (Lipinski definition) is 7. The van der Waals surface area contributed by atoms with E-state index in [1.165, 1.54) is 4.31 Å². The SMILES string of the molecule is Cc1ccc(S(=O)(=O)N2CCC[C@H](c3nc(-c4ccc5c(c4)oc(=O)n5C(C)C)no3)C2)cc1. The van der Waals surface area contributed by atoms with Crippen LogP contribution < -0.4 is 5.76 Å². The average molecular weight is 483 g/mol. The molecule has 9 nitrogen and oxygen atoms in total. The Labute approximate surface area is 197 Å². The van der Waals surface area contributed by atoms with E-state index in [9.17, 15) is 13.2 Å². The van der Waals surface area contributed by atoms with Gasteiger partial charge in [0.15, 0.2) is 5.58 Å². The second kappa shape index (κ2) is 8.52. The van der Waals surface area contributed by atoms with Gasteiger partial charge in [-0.05, 0) is 63.9 Å². The lowest BCUT2D eigenvalue weighted by molar-refractivity contribution is 0.265. The zero-order valence-corrected chi connectivity index (χ0v) is 20.1. The van der Waals surface area contributed by atoms with Gasteiger partial charge in [0.2, 0.25) is 21.7 Å². The largest absolute Gasteiger partial charge is 0.420 e. The van der Waals surface area contributed by atoms with E-state index >= 15 is 0 Å². The number of piperidine rings is 1. The first-order valence-corrected chi connectivity index (χ1v) is 12.7. The number of hydrogen-bond donors (Lipinski definition) is 0. The summed E-state index contributed by atoms with van der Waals surface area (Å²) in [6.45, 7) is 6.50. The van der Waals surface area contributed by atoms with Gasteiger partial charge in [-0.15, -0.1) is 0 Å². The van der Waals surface area contributed by atoms with Crippen molar-refractivity contribution in [3.63, 3.8) is 0 Å². The van der Waals surface area contributed by atoms with Crippen molar-refractivity contribution >= 4 is 21.1 Å². The minimum atomic E-state index is -3.60. The van der Waals surface area contributed by atoms with Crippen molar-refractivity contribution in [3.05, 3.63) is 64.5 Å². The quantitative estimate of drug-likeness (QED) is 0.421. The van der Waals surface area contributed by atoms with Gasteiger partial charge in [0.05, 0.1) is 16.3 Å². The lowest BCUT2D eigenvalue weighted by atomic mass is 10.00. The zero-order chi connectivity index (χ0) is 24.0. The Balaban J connectivity index is 1.39. The maximum absolute atomic E-state index is 13.1. The molecule has 0 radical (unpaired) electrons. The molecule has 2 aromatic heterocycles. The lowest BCUT2D eigenvalue weighted by Crippen LogP contribution is -2.39. The number of oxazole rings is 1. The molecule has 0 spiro atoms. The predicted molar refractivity (Wildman–Crippen MR) is 126 cm³/mol. The monoisotopic (exact) mass is 482 g/mol. The number of aromatic nitrogens is 3. The van der Waals surface area contributed by atoms with Crippen LogP contribution >= 0.6 is 0 Å². The molecule has 0 amide bonds. The fraction of sp³-hybridized carbons (Fsp3) is 0.375. The van der Waals surface area contributed by atoms with Gasteiger partial charge in [-0.2, -0.15) is 9.29 Å². The minimum absolute atomic E-state index is 0.0261. The summed E-state index contributed by atoms with van der Waals surface area (Å²) in [7, 11) is -3.60. The van der Waals surface area contributed by atoms with Gasteiger partial charge in [-0.25, -0.2) is 13.2 Å². The van der Waals surface area contributed by atoms with Crippen LogP contribution in [0.1, 0.15) is 50.1 Å². The van der Waals surface area contributed by atoms with E-state index in [0.717, 1.165) is 12.0 Å². The van der Waals surface area contributed by atoms with E-state index in [1.54, 1.807) is 34.9 Å². The van der Waals surface area contributed by atoms with Crippen molar-refractivity contribution < 1.29 is 17.4 Å². The Bertz CT molecular complexity index is 1500. The molecule has 10 heteroatoms. The van der Waals surface area contributed by atoms with Crippen LogP contribution in [0.2, 0.25) is 0 Å². The highest BCUT2D eigenvalue weighted by atomic mass is 32.2. The van der Waals surface area contributed by atoms with Gasteiger partial charge < -0.3 is 8.94 Å². The predicted octanol–water partition coefficient (Wildman–Crippen LogP) is 4.10. The zero-order valence-electron chi connectivity index (χ0n) is 19.3. The first-order valence-electron chi connectivity index (χ1n) is 11.3. The number of sulfonamides is 1. The van der Waals surface area contributed by atoms with Crippen molar-refractivity contribution in [2.45, 2.75) is 50.5 Å². The van der Waals surface area contributed by atoms with Crippen LogP contribution in [0.4, 0.5) is 0 Å². The minimum Gasteiger partial charge on any atom is -0.408 e. The second-order valence-corrected chi connectivity index (χ2v) is 10.9. The van der Waals surface area contributed by atoms with Gasteiger partial charge in [0.25, 0.3) is 0 Å². The highest BCUT2D eigenvalue weighted by Crippen LogP contribution is 2.31. The molecule has 1 atom stereocenters. The van der Waals surface area contributed by atoms with Crippen LogP contribution in [0, 0.1) is 6.92 Å². The Kier molecular flexibility index (Phi) is 5.65. The molecule has 2 aromatic carbocycles. The van der Waals surface area contributed by atoms with Crippen LogP contribution in [0.3, 0.4) is 0 Å². The van der Waals surface area contributed by atoms with Crippen LogP contribution in [-0.4, -0.2) is 40.5 Å². The van der Waals surface area contributed by atoms with Gasteiger partial charge in [0.1, 0.15) is 0 Å². The molecule has 0 saturated carbocycles. The van der Waals surface area contributed by atoms with Gasteiger partial charge in [-0.3, -0.25) is 4.57 Å². The normalized spacial score (nSPS) is 17.6. The summed E-state index contributed by atoms with van der Waals surface area (Å²) in [4.78, 5) is 17.0. The molecule has 0 unspecified atom stereocenters. The van der Waals surface area contributed by atoms with Crippen LogP contribution in [0.5, 0.6) is 0 Å². The maximum Gasteiger partial charge on any atom is 0.420 e.